The van der Waals surface area contributed by atoms with Crippen molar-refractivity contribution in [3.63, 3.8) is 0 Å². The van der Waals surface area contributed by atoms with Crippen LogP contribution in [0.2, 0.25) is 0 Å². The summed E-state index contributed by atoms with van der Waals surface area (Å²) < 4.78 is 2.26. The number of hydrogen-bond donors (Lipinski definition) is 0. The molecule has 0 fully saturated rings. The van der Waals surface area contributed by atoms with Crippen molar-refractivity contribution in [3.8, 4) is 0 Å². The number of rotatable bonds is 6. The highest BCUT2D eigenvalue weighted by Gasteiger charge is 2.12. The minimum atomic E-state index is -0.0554. The molecule has 2 rings (SSSR count). The molecule has 0 aliphatic rings. The topological polar surface area (TPSA) is 28.5 Å². The lowest BCUT2D eigenvalue weighted by molar-refractivity contribution is -0.125. The summed E-state index contributed by atoms with van der Waals surface area (Å²) in [5, 5.41) is 1.21. The number of hydrogen-bond acceptors (Lipinski definition) is 2. The van der Waals surface area contributed by atoms with Gasteiger partial charge in [-0.3, -0.25) is 4.79 Å². The Bertz CT molecular complexity index is 643. The molecule has 1 heterocycles. The maximum Gasteiger partial charge on any atom is 0.245 e. The number of fused-ring (bicyclic) bond motifs is 1. The minimum absolute atomic E-state index is 0.0554. The van der Waals surface area contributed by atoms with Crippen LogP contribution >= 0.6 is 0 Å². The van der Waals surface area contributed by atoms with Crippen LogP contribution in [0.15, 0.2) is 43.1 Å². The van der Waals surface area contributed by atoms with Crippen molar-refractivity contribution >= 4 is 16.8 Å². The van der Waals surface area contributed by atoms with Crippen LogP contribution in [-0.2, 0) is 17.9 Å². The van der Waals surface area contributed by atoms with Crippen molar-refractivity contribution in [1.82, 2.24) is 14.4 Å². The molecule has 112 valence electrons. The molecule has 0 spiro atoms. The third kappa shape index (κ3) is 3.52. The number of amides is 1. The van der Waals surface area contributed by atoms with Gasteiger partial charge in [0.15, 0.2) is 0 Å². The molecule has 0 saturated carbocycles. The lowest BCUT2D eigenvalue weighted by atomic mass is 10.1. The molecule has 0 aliphatic heterocycles. The van der Waals surface area contributed by atoms with E-state index in [1.807, 2.05) is 6.07 Å². The van der Waals surface area contributed by atoms with Gasteiger partial charge in [0.25, 0.3) is 0 Å². The molecule has 1 amide bonds. The van der Waals surface area contributed by atoms with Gasteiger partial charge in [-0.15, -0.1) is 0 Å². The van der Waals surface area contributed by atoms with Crippen LogP contribution in [0.1, 0.15) is 5.56 Å². The van der Waals surface area contributed by atoms with E-state index in [4.69, 9.17) is 0 Å². The molecule has 4 nitrogen and oxygen atoms in total. The Morgan fingerprint density at radius 2 is 2.00 bits per heavy atom. The highest BCUT2D eigenvalue weighted by molar-refractivity contribution is 5.88. The van der Waals surface area contributed by atoms with Crippen LogP contribution in [0, 0.1) is 0 Å². The molecular weight excluding hydrogens is 262 g/mol. The van der Waals surface area contributed by atoms with Gasteiger partial charge in [-0.05, 0) is 31.8 Å². The maximum absolute atomic E-state index is 11.7. The van der Waals surface area contributed by atoms with Crippen molar-refractivity contribution in [2.45, 2.75) is 13.1 Å². The largest absolute Gasteiger partial charge is 0.346 e. The van der Waals surface area contributed by atoms with Gasteiger partial charge in [-0.2, -0.15) is 0 Å². The molecule has 2 aromatic rings. The molecule has 21 heavy (non-hydrogen) atoms. The Labute approximate surface area is 126 Å². The zero-order valence-corrected chi connectivity index (χ0v) is 13.0. The first-order valence-electron chi connectivity index (χ1n) is 7.12. The quantitative estimate of drug-likeness (QED) is 0.762. The number of benzene rings is 1. The summed E-state index contributed by atoms with van der Waals surface area (Å²) in [4.78, 5) is 15.5. The first-order chi connectivity index (χ1) is 10.0. The Balaban J connectivity index is 2.31. The Morgan fingerprint density at radius 1 is 1.29 bits per heavy atom. The minimum Gasteiger partial charge on any atom is -0.346 e. The zero-order chi connectivity index (χ0) is 15.4. The van der Waals surface area contributed by atoms with Crippen molar-refractivity contribution < 1.29 is 4.79 Å². The van der Waals surface area contributed by atoms with Crippen LogP contribution in [0.5, 0.6) is 0 Å². The molecule has 1 aromatic heterocycles. The monoisotopic (exact) mass is 285 g/mol. The maximum atomic E-state index is 11.7. The number of carbonyl (C=O) groups is 1. The van der Waals surface area contributed by atoms with E-state index in [1.54, 1.807) is 11.9 Å². The number of likely N-dealkylation sites (N-methyl/N-ethyl adjacent to an activating group) is 2. The third-order valence-corrected chi connectivity index (χ3v) is 3.62. The third-order valence-electron chi connectivity index (χ3n) is 3.62. The van der Waals surface area contributed by atoms with Gasteiger partial charge in [0.2, 0.25) is 5.91 Å². The van der Waals surface area contributed by atoms with E-state index in [0.29, 0.717) is 6.54 Å². The van der Waals surface area contributed by atoms with Crippen LogP contribution in [0.4, 0.5) is 0 Å². The summed E-state index contributed by atoms with van der Waals surface area (Å²) in [6.07, 6.45) is 3.51. The smallest absolute Gasteiger partial charge is 0.245 e. The van der Waals surface area contributed by atoms with Crippen molar-refractivity contribution in [2.75, 3.05) is 27.7 Å². The summed E-state index contributed by atoms with van der Waals surface area (Å²) in [5.74, 6) is -0.0554. The average molecular weight is 285 g/mol. The SMILES string of the molecule is C=CC(=O)N(C)Cc1cn(CCN(C)C)c2ccccc12. The van der Waals surface area contributed by atoms with Crippen molar-refractivity contribution in [2.24, 2.45) is 0 Å². The number of nitrogens with zero attached hydrogens (tertiary/aromatic N) is 3. The van der Waals surface area contributed by atoms with E-state index in [-0.39, 0.29) is 5.91 Å². The highest BCUT2D eigenvalue weighted by Crippen LogP contribution is 2.22. The number of aromatic nitrogens is 1. The van der Waals surface area contributed by atoms with Gasteiger partial charge in [0.1, 0.15) is 0 Å². The number of carbonyl (C=O) groups excluding carboxylic acids is 1. The summed E-state index contributed by atoms with van der Waals surface area (Å²) in [6.45, 7) is 6.06. The summed E-state index contributed by atoms with van der Waals surface area (Å²) in [7, 11) is 5.95. The van der Waals surface area contributed by atoms with E-state index >= 15 is 0 Å². The van der Waals surface area contributed by atoms with Gasteiger partial charge in [-0.25, -0.2) is 0 Å². The van der Waals surface area contributed by atoms with Gasteiger partial charge < -0.3 is 14.4 Å². The molecule has 0 N–H and O–H groups in total. The lowest BCUT2D eigenvalue weighted by Crippen LogP contribution is -2.23. The Kier molecular flexibility index (Phi) is 4.81. The van der Waals surface area contributed by atoms with Crippen LogP contribution < -0.4 is 0 Å². The van der Waals surface area contributed by atoms with E-state index < -0.39 is 0 Å². The second-order valence-electron chi connectivity index (χ2n) is 5.57. The van der Waals surface area contributed by atoms with Gasteiger partial charge in [0.05, 0.1) is 0 Å². The number of para-hydroxylation sites is 1. The summed E-state index contributed by atoms with van der Waals surface area (Å²) in [6, 6.07) is 8.33. The Hall–Kier alpha value is -2.07. The van der Waals surface area contributed by atoms with Crippen LogP contribution in [0.3, 0.4) is 0 Å². The van der Waals surface area contributed by atoms with Crippen molar-refractivity contribution in [1.29, 1.82) is 0 Å². The van der Waals surface area contributed by atoms with E-state index in [0.717, 1.165) is 13.1 Å². The normalized spacial score (nSPS) is 11.0. The summed E-state index contributed by atoms with van der Waals surface area (Å²) >= 11 is 0. The average Bonchev–Trinajstić information content (AvgIpc) is 2.82. The standard InChI is InChI=1S/C17H23N3O/c1-5-17(21)19(4)12-14-13-20(11-10-18(2)3)16-9-7-6-8-15(14)16/h5-9,13H,1,10-12H2,2-4H3. The fourth-order valence-corrected chi connectivity index (χ4v) is 2.43. The molecule has 0 aliphatic carbocycles. The molecule has 1 aromatic carbocycles. The van der Waals surface area contributed by atoms with Gasteiger partial charge >= 0.3 is 0 Å². The second kappa shape index (κ2) is 6.59. The van der Waals surface area contributed by atoms with Crippen molar-refractivity contribution in [3.05, 3.63) is 48.7 Å². The fourth-order valence-electron chi connectivity index (χ4n) is 2.43. The molecule has 0 saturated heterocycles. The first kappa shape index (κ1) is 15.3. The van der Waals surface area contributed by atoms with E-state index in [1.165, 1.54) is 22.5 Å². The Morgan fingerprint density at radius 3 is 2.67 bits per heavy atom. The first-order valence-corrected chi connectivity index (χ1v) is 7.12. The highest BCUT2D eigenvalue weighted by atomic mass is 16.2. The molecular formula is C17H23N3O. The van der Waals surface area contributed by atoms with E-state index in [2.05, 4.69) is 54.5 Å². The molecule has 4 heteroatoms. The molecule has 0 radical (unpaired) electrons. The molecule has 0 unspecified atom stereocenters. The molecule has 0 atom stereocenters. The summed E-state index contributed by atoms with van der Waals surface area (Å²) in [5.41, 5.74) is 2.39. The zero-order valence-electron chi connectivity index (χ0n) is 13.0. The fraction of sp³-hybridized carbons (Fsp3) is 0.353. The predicted molar refractivity (Wildman–Crippen MR) is 87.2 cm³/mol. The van der Waals surface area contributed by atoms with Gasteiger partial charge in [0, 0.05) is 43.8 Å². The van der Waals surface area contributed by atoms with Gasteiger partial charge in [-0.1, -0.05) is 24.8 Å². The van der Waals surface area contributed by atoms with Crippen LogP contribution in [0.25, 0.3) is 10.9 Å². The second-order valence-corrected chi connectivity index (χ2v) is 5.57. The molecule has 0 bridgehead atoms. The van der Waals surface area contributed by atoms with Crippen LogP contribution in [-0.4, -0.2) is 48.0 Å². The van der Waals surface area contributed by atoms with E-state index in [9.17, 15) is 4.79 Å². The lowest BCUT2D eigenvalue weighted by Gasteiger charge is -2.14. The predicted octanol–water partition coefficient (Wildman–Crippen LogP) is 2.35.